The predicted octanol–water partition coefficient (Wildman–Crippen LogP) is 4.69. The van der Waals surface area contributed by atoms with Gasteiger partial charge in [-0.15, -0.1) is 0 Å². The van der Waals surface area contributed by atoms with Crippen LogP contribution >= 0.6 is 0 Å². The lowest BCUT2D eigenvalue weighted by molar-refractivity contribution is -0.122. The van der Waals surface area contributed by atoms with Crippen molar-refractivity contribution in [2.75, 3.05) is 19.0 Å². The number of nitrogens with one attached hydrogen (secondary N) is 1. The summed E-state index contributed by atoms with van der Waals surface area (Å²) in [6, 6.07) is 21.8. The SMILES string of the molecule is C[C@H](C(=O)NCc1ccc(-c2nc(N(C)C)ncc2-c2ccncc2)cc1)c1ccccc1. The third kappa shape index (κ3) is 5.23. The topological polar surface area (TPSA) is 71.0 Å². The number of benzene rings is 2. The molecule has 2 aromatic heterocycles. The number of aromatic nitrogens is 3. The smallest absolute Gasteiger partial charge is 0.227 e. The first-order chi connectivity index (χ1) is 16.0. The summed E-state index contributed by atoms with van der Waals surface area (Å²) in [5, 5.41) is 3.04. The van der Waals surface area contributed by atoms with E-state index in [2.05, 4.69) is 15.3 Å². The van der Waals surface area contributed by atoms with Gasteiger partial charge in [0.1, 0.15) is 0 Å². The van der Waals surface area contributed by atoms with Gasteiger partial charge in [0.25, 0.3) is 0 Å². The lowest BCUT2D eigenvalue weighted by Gasteiger charge is -2.15. The van der Waals surface area contributed by atoms with Crippen molar-refractivity contribution in [3.63, 3.8) is 0 Å². The van der Waals surface area contributed by atoms with Gasteiger partial charge in [-0.2, -0.15) is 0 Å². The monoisotopic (exact) mass is 437 g/mol. The molecule has 0 bridgehead atoms. The van der Waals surface area contributed by atoms with Crippen LogP contribution in [0.15, 0.2) is 85.3 Å². The van der Waals surface area contributed by atoms with Crippen molar-refractivity contribution in [1.29, 1.82) is 0 Å². The van der Waals surface area contributed by atoms with Gasteiger partial charge in [-0.05, 0) is 35.7 Å². The van der Waals surface area contributed by atoms with E-state index < -0.39 is 0 Å². The Bertz CT molecular complexity index is 1210. The van der Waals surface area contributed by atoms with E-state index in [1.807, 2.05) is 98.8 Å². The quantitative estimate of drug-likeness (QED) is 0.454. The Labute approximate surface area is 194 Å². The van der Waals surface area contributed by atoms with Crippen molar-refractivity contribution in [1.82, 2.24) is 20.3 Å². The van der Waals surface area contributed by atoms with Crippen molar-refractivity contribution in [2.45, 2.75) is 19.4 Å². The molecule has 1 N–H and O–H groups in total. The summed E-state index contributed by atoms with van der Waals surface area (Å²) in [6.07, 6.45) is 5.38. The number of hydrogen-bond acceptors (Lipinski definition) is 5. The molecule has 0 fully saturated rings. The lowest BCUT2D eigenvalue weighted by atomic mass is 10.00. The van der Waals surface area contributed by atoms with Crippen LogP contribution in [0.1, 0.15) is 24.0 Å². The standard InChI is InChI=1S/C27H27N5O/c1-19(21-7-5-4-6-8-21)26(33)29-17-20-9-11-23(12-10-20)25-24(22-13-15-28-16-14-22)18-30-27(31-25)32(2)3/h4-16,18-19H,17H2,1-3H3,(H,29,33)/t19-/m0/s1. The minimum absolute atomic E-state index is 0.0108. The second kappa shape index (κ2) is 10.0. The van der Waals surface area contributed by atoms with Crippen LogP contribution in [0.4, 0.5) is 5.95 Å². The highest BCUT2D eigenvalue weighted by Gasteiger charge is 2.15. The van der Waals surface area contributed by atoms with Gasteiger partial charge in [-0.1, -0.05) is 54.6 Å². The van der Waals surface area contributed by atoms with Crippen LogP contribution in [-0.2, 0) is 11.3 Å². The zero-order chi connectivity index (χ0) is 23.2. The zero-order valence-corrected chi connectivity index (χ0v) is 19.1. The number of carbonyl (C=O) groups is 1. The molecular formula is C27H27N5O. The third-order valence-electron chi connectivity index (χ3n) is 5.55. The minimum Gasteiger partial charge on any atom is -0.352 e. The minimum atomic E-state index is -0.195. The Morgan fingerprint density at radius 3 is 2.30 bits per heavy atom. The van der Waals surface area contributed by atoms with Crippen LogP contribution in [0.2, 0.25) is 0 Å². The van der Waals surface area contributed by atoms with Crippen molar-refractivity contribution >= 4 is 11.9 Å². The largest absolute Gasteiger partial charge is 0.352 e. The van der Waals surface area contributed by atoms with Crippen LogP contribution in [-0.4, -0.2) is 35.0 Å². The predicted molar refractivity (Wildman–Crippen MR) is 132 cm³/mol. The average molecular weight is 438 g/mol. The fourth-order valence-corrected chi connectivity index (χ4v) is 3.57. The van der Waals surface area contributed by atoms with Crippen molar-refractivity contribution < 1.29 is 4.79 Å². The Morgan fingerprint density at radius 2 is 1.64 bits per heavy atom. The van der Waals surface area contributed by atoms with Crippen molar-refractivity contribution in [3.8, 4) is 22.4 Å². The van der Waals surface area contributed by atoms with Gasteiger partial charge in [0.05, 0.1) is 11.6 Å². The van der Waals surface area contributed by atoms with Gasteiger partial charge in [0, 0.05) is 50.4 Å². The molecule has 2 heterocycles. The second-order valence-electron chi connectivity index (χ2n) is 8.11. The molecule has 1 atom stereocenters. The normalized spacial score (nSPS) is 11.6. The summed E-state index contributed by atoms with van der Waals surface area (Å²) in [4.78, 5) is 27.9. The number of nitrogens with zero attached hydrogens (tertiary/aromatic N) is 4. The van der Waals surface area contributed by atoms with Gasteiger partial charge < -0.3 is 10.2 Å². The van der Waals surface area contributed by atoms with E-state index in [9.17, 15) is 4.79 Å². The Morgan fingerprint density at radius 1 is 0.939 bits per heavy atom. The summed E-state index contributed by atoms with van der Waals surface area (Å²) >= 11 is 0. The first kappa shape index (κ1) is 22.1. The highest BCUT2D eigenvalue weighted by atomic mass is 16.1. The molecule has 4 aromatic rings. The van der Waals surface area contributed by atoms with Crippen LogP contribution in [0, 0.1) is 0 Å². The molecule has 6 nitrogen and oxygen atoms in total. The molecule has 0 aliphatic rings. The second-order valence-corrected chi connectivity index (χ2v) is 8.11. The van der Waals surface area contributed by atoms with E-state index in [0.29, 0.717) is 12.5 Å². The molecule has 166 valence electrons. The van der Waals surface area contributed by atoms with Crippen LogP contribution in [0.5, 0.6) is 0 Å². The number of pyridine rings is 1. The molecule has 0 unspecified atom stereocenters. The highest BCUT2D eigenvalue weighted by Crippen LogP contribution is 2.31. The molecular weight excluding hydrogens is 410 g/mol. The van der Waals surface area contributed by atoms with E-state index in [4.69, 9.17) is 4.98 Å². The molecule has 0 spiro atoms. The molecule has 0 saturated heterocycles. The molecule has 1 amide bonds. The zero-order valence-electron chi connectivity index (χ0n) is 19.1. The molecule has 2 aromatic carbocycles. The molecule has 0 radical (unpaired) electrons. The molecule has 0 aliphatic heterocycles. The van der Waals surface area contributed by atoms with Crippen LogP contribution < -0.4 is 10.2 Å². The molecule has 6 heteroatoms. The molecule has 0 saturated carbocycles. The summed E-state index contributed by atoms with van der Waals surface area (Å²) in [5.41, 5.74) is 5.83. The van der Waals surface area contributed by atoms with E-state index in [-0.39, 0.29) is 11.8 Å². The Kier molecular flexibility index (Phi) is 6.74. The third-order valence-corrected chi connectivity index (χ3v) is 5.55. The number of carbonyl (C=O) groups excluding carboxylic acids is 1. The maximum atomic E-state index is 12.6. The number of anilines is 1. The maximum absolute atomic E-state index is 12.6. The van der Waals surface area contributed by atoms with Gasteiger partial charge in [0.15, 0.2) is 0 Å². The van der Waals surface area contributed by atoms with Crippen molar-refractivity contribution in [3.05, 3.63) is 96.4 Å². The number of hydrogen-bond donors (Lipinski definition) is 1. The van der Waals surface area contributed by atoms with Crippen LogP contribution in [0.25, 0.3) is 22.4 Å². The maximum Gasteiger partial charge on any atom is 0.227 e. The molecule has 0 aliphatic carbocycles. The number of amides is 1. The molecule has 4 rings (SSSR count). The van der Waals surface area contributed by atoms with E-state index >= 15 is 0 Å². The Balaban J connectivity index is 1.53. The van der Waals surface area contributed by atoms with Crippen molar-refractivity contribution in [2.24, 2.45) is 0 Å². The summed E-state index contributed by atoms with van der Waals surface area (Å²) < 4.78 is 0. The fourth-order valence-electron chi connectivity index (χ4n) is 3.57. The Hall–Kier alpha value is -4.06. The number of rotatable bonds is 7. The molecule has 33 heavy (non-hydrogen) atoms. The van der Waals surface area contributed by atoms with E-state index in [1.54, 1.807) is 12.4 Å². The van der Waals surface area contributed by atoms with E-state index in [1.165, 1.54) is 0 Å². The van der Waals surface area contributed by atoms with Crippen LogP contribution in [0.3, 0.4) is 0 Å². The average Bonchev–Trinajstić information content (AvgIpc) is 2.87. The highest BCUT2D eigenvalue weighted by molar-refractivity contribution is 5.83. The first-order valence-electron chi connectivity index (χ1n) is 10.9. The fraction of sp³-hybridized carbons (Fsp3) is 0.185. The summed E-state index contributed by atoms with van der Waals surface area (Å²) in [5.74, 6) is 0.463. The first-order valence-corrected chi connectivity index (χ1v) is 10.9. The summed E-state index contributed by atoms with van der Waals surface area (Å²) in [6.45, 7) is 2.39. The van der Waals surface area contributed by atoms with Gasteiger partial charge in [-0.25, -0.2) is 9.97 Å². The van der Waals surface area contributed by atoms with Gasteiger partial charge in [-0.3, -0.25) is 9.78 Å². The lowest BCUT2D eigenvalue weighted by Crippen LogP contribution is -2.27. The summed E-state index contributed by atoms with van der Waals surface area (Å²) in [7, 11) is 3.85. The van der Waals surface area contributed by atoms with Gasteiger partial charge >= 0.3 is 0 Å². The van der Waals surface area contributed by atoms with E-state index in [0.717, 1.165) is 33.5 Å². The van der Waals surface area contributed by atoms with Gasteiger partial charge in [0.2, 0.25) is 11.9 Å².